The Morgan fingerprint density at radius 1 is 0.833 bits per heavy atom. The topological polar surface area (TPSA) is 18.5 Å². The Kier molecular flexibility index (Phi) is 5.07. The van der Waals surface area contributed by atoms with Gasteiger partial charge in [0.25, 0.3) is 0 Å². The fourth-order valence-electron chi connectivity index (χ4n) is 2.98. The zero-order chi connectivity index (χ0) is 15.0. The van der Waals surface area contributed by atoms with Crippen LogP contribution in [0.1, 0.15) is 62.3 Å². The van der Waals surface area contributed by atoms with Crippen LogP contribution >= 0.6 is 0 Å². The largest absolute Gasteiger partial charge is 0.298 e. The van der Waals surface area contributed by atoms with Crippen molar-refractivity contribution >= 4 is 10.5 Å². The summed E-state index contributed by atoms with van der Waals surface area (Å²) in [6, 6.07) is 0. The summed E-state index contributed by atoms with van der Waals surface area (Å²) in [7, 11) is 0.557. The number of hydrogen-bond acceptors (Lipinski definition) is 2. The van der Waals surface area contributed by atoms with E-state index in [-0.39, 0.29) is 16.2 Å². The molecule has 0 aromatic heterocycles. The smallest absolute Gasteiger partial charge is 0.193 e. The molecule has 0 radical (unpaired) electrons. The molecule has 0 unspecified atom stereocenters. The highest BCUT2D eigenvalue weighted by Crippen LogP contribution is 2.55. The molecule has 3 heteroatoms. The van der Waals surface area contributed by atoms with Crippen LogP contribution in [0.3, 0.4) is 0 Å². The monoisotopic (exact) mass is 272 g/mol. The van der Waals surface area contributed by atoms with Gasteiger partial charge in [0.1, 0.15) is 5.60 Å². The lowest BCUT2D eigenvalue weighted by molar-refractivity contribution is -0.338. The summed E-state index contributed by atoms with van der Waals surface area (Å²) in [4.78, 5) is 5.91. The highest BCUT2D eigenvalue weighted by molar-refractivity contribution is 5.97. The molecule has 0 aromatic rings. The van der Waals surface area contributed by atoms with Crippen molar-refractivity contribution in [1.82, 2.24) is 0 Å². The van der Waals surface area contributed by atoms with Gasteiger partial charge in [-0.1, -0.05) is 68.9 Å². The van der Waals surface area contributed by atoms with Crippen molar-refractivity contribution in [3.05, 3.63) is 12.2 Å². The van der Waals surface area contributed by atoms with Gasteiger partial charge in [-0.2, -0.15) is 0 Å². The van der Waals surface area contributed by atoms with Gasteiger partial charge in [0.15, 0.2) is 10.5 Å². The van der Waals surface area contributed by atoms with E-state index in [9.17, 15) is 0 Å². The fraction of sp³-hybridized carbons (Fsp3) is 0.867. The van der Waals surface area contributed by atoms with Crippen LogP contribution in [0.2, 0.25) is 0 Å². The normalized spacial score (nSPS) is 14.9. The van der Waals surface area contributed by atoms with E-state index in [2.05, 4.69) is 68.9 Å². The molecule has 0 fully saturated rings. The zero-order valence-electron chi connectivity index (χ0n) is 14.0. The molecule has 2 nitrogen and oxygen atoms in total. The summed E-state index contributed by atoms with van der Waals surface area (Å²) in [5, 5.41) is 0. The first-order valence-electron chi connectivity index (χ1n) is 6.63. The second kappa shape index (κ2) is 5.10. The molecule has 0 atom stereocenters. The van der Waals surface area contributed by atoms with Crippen LogP contribution in [-0.4, -0.2) is 16.1 Å². The Hall–Kier alpha value is -0.123. The second-order valence-electron chi connectivity index (χ2n) is 8.16. The molecule has 0 bridgehead atoms. The first-order valence-corrected chi connectivity index (χ1v) is 7.45. The SMILES string of the molecule is C=C(C(C)(C)C)C(OO[SiH3])(C(C)(C)C)C(C)(C)C. The summed E-state index contributed by atoms with van der Waals surface area (Å²) >= 11 is 0. The zero-order valence-corrected chi connectivity index (χ0v) is 16.0. The predicted octanol–water partition coefficient (Wildman–Crippen LogP) is 3.65. The van der Waals surface area contributed by atoms with Gasteiger partial charge >= 0.3 is 0 Å². The molecule has 0 spiro atoms. The van der Waals surface area contributed by atoms with Gasteiger partial charge < -0.3 is 0 Å². The molecule has 0 amide bonds. The molecule has 108 valence electrons. The van der Waals surface area contributed by atoms with Gasteiger partial charge in [0, 0.05) is 0 Å². The Labute approximate surface area is 117 Å². The minimum absolute atomic E-state index is 0.0271. The van der Waals surface area contributed by atoms with Crippen LogP contribution in [0.4, 0.5) is 0 Å². The minimum Gasteiger partial charge on any atom is -0.298 e. The average Bonchev–Trinajstić information content (AvgIpc) is 2.07. The Morgan fingerprint density at radius 2 is 1.17 bits per heavy atom. The van der Waals surface area contributed by atoms with Crippen molar-refractivity contribution in [3.63, 3.8) is 0 Å². The van der Waals surface area contributed by atoms with Crippen molar-refractivity contribution in [2.45, 2.75) is 67.9 Å². The molecule has 18 heavy (non-hydrogen) atoms. The van der Waals surface area contributed by atoms with Gasteiger partial charge in [0.05, 0.1) is 0 Å². The maximum atomic E-state index is 5.91. The third-order valence-corrected chi connectivity index (χ3v) is 3.82. The molecule has 0 rings (SSSR count). The molecule has 0 aliphatic carbocycles. The van der Waals surface area contributed by atoms with Gasteiger partial charge in [0.2, 0.25) is 0 Å². The van der Waals surface area contributed by atoms with Crippen LogP contribution in [-0.2, 0) is 9.46 Å². The van der Waals surface area contributed by atoms with Crippen molar-refractivity contribution in [1.29, 1.82) is 0 Å². The Balaban J connectivity index is 6.05. The maximum Gasteiger partial charge on any atom is 0.193 e. The van der Waals surface area contributed by atoms with Crippen molar-refractivity contribution < 1.29 is 9.46 Å². The van der Waals surface area contributed by atoms with Gasteiger partial charge in [-0.3, -0.25) is 4.58 Å². The van der Waals surface area contributed by atoms with Crippen molar-refractivity contribution in [2.24, 2.45) is 16.2 Å². The van der Waals surface area contributed by atoms with E-state index in [1.807, 2.05) is 0 Å². The minimum atomic E-state index is -0.514. The van der Waals surface area contributed by atoms with E-state index in [0.717, 1.165) is 5.57 Å². The first kappa shape index (κ1) is 17.9. The lowest BCUT2D eigenvalue weighted by Gasteiger charge is -2.55. The third-order valence-electron chi connectivity index (χ3n) is 3.65. The lowest BCUT2D eigenvalue weighted by atomic mass is 9.55. The molecule has 0 aromatic carbocycles. The highest BCUT2D eigenvalue weighted by atomic mass is 28.2. The standard InChI is InChI=1S/C15H32O2Si/c1-11(12(2,3)4)15(16-17-18,13(5,6)7)14(8,9)10/h1H2,2-10,18H3. The van der Waals surface area contributed by atoms with Crippen molar-refractivity contribution in [2.75, 3.05) is 0 Å². The summed E-state index contributed by atoms with van der Waals surface area (Å²) in [5.41, 5.74) is 0.353. The molecule has 0 aliphatic heterocycles. The molecule has 0 aliphatic rings. The molecule has 0 saturated carbocycles. The molecular formula is C15H32O2Si. The van der Waals surface area contributed by atoms with E-state index in [4.69, 9.17) is 9.46 Å². The molecule has 0 N–H and O–H groups in total. The van der Waals surface area contributed by atoms with Crippen LogP contribution in [0.25, 0.3) is 0 Å². The highest BCUT2D eigenvalue weighted by Gasteiger charge is 2.57. The predicted molar refractivity (Wildman–Crippen MR) is 82.3 cm³/mol. The lowest BCUT2D eigenvalue weighted by Crippen LogP contribution is -2.58. The fourth-order valence-corrected chi connectivity index (χ4v) is 3.23. The summed E-state index contributed by atoms with van der Waals surface area (Å²) in [6.07, 6.45) is 0. The summed E-state index contributed by atoms with van der Waals surface area (Å²) in [6.45, 7) is 24.0. The van der Waals surface area contributed by atoms with E-state index in [1.54, 1.807) is 0 Å². The van der Waals surface area contributed by atoms with Gasteiger partial charge in [-0.05, 0) is 21.8 Å². The maximum absolute atomic E-state index is 5.91. The second-order valence-corrected chi connectivity index (χ2v) is 8.49. The Bertz CT molecular complexity index is 286. The van der Waals surface area contributed by atoms with E-state index in [1.165, 1.54) is 0 Å². The van der Waals surface area contributed by atoms with E-state index < -0.39 is 5.60 Å². The van der Waals surface area contributed by atoms with Crippen LogP contribution in [0.15, 0.2) is 12.2 Å². The molecular weight excluding hydrogens is 240 g/mol. The molecule has 0 heterocycles. The number of hydrogen-bond donors (Lipinski definition) is 0. The Morgan fingerprint density at radius 3 is 1.33 bits per heavy atom. The summed E-state index contributed by atoms with van der Waals surface area (Å²) < 4.78 is 5.25. The van der Waals surface area contributed by atoms with Gasteiger partial charge in [-0.25, -0.2) is 4.89 Å². The van der Waals surface area contributed by atoms with Crippen LogP contribution in [0.5, 0.6) is 0 Å². The van der Waals surface area contributed by atoms with Crippen molar-refractivity contribution in [3.8, 4) is 0 Å². The quantitative estimate of drug-likeness (QED) is 0.338. The molecule has 0 saturated heterocycles. The van der Waals surface area contributed by atoms with E-state index in [0.29, 0.717) is 10.5 Å². The van der Waals surface area contributed by atoms with Crippen LogP contribution in [0, 0.1) is 16.2 Å². The van der Waals surface area contributed by atoms with E-state index >= 15 is 0 Å². The third kappa shape index (κ3) is 3.06. The average molecular weight is 273 g/mol. The number of rotatable bonds is 3. The van der Waals surface area contributed by atoms with Gasteiger partial charge in [-0.15, -0.1) is 0 Å². The summed E-state index contributed by atoms with van der Waals surface area (Å²) in [5.74, 6) is 0. The first-order chi connectivity index (χ1) is 7.72. The van der Waals surface area contributed by atoms with Crippen LogP contribution < -0.4 is 0 Å².